The molecule has 7 heteroatoms. The van der Waals surface area contributed by atoms with Gasteiger partial charge in [-0.05, 0) is 25.0 Å². The second-order valence-corrected chi connectivity index (χ2v) is 6.34. The van der Waals surface area contributed by atoms with Crippen LogP contribution in [0.2, 0.25) is 0 Å². The predicted molar refractivity (Wildman–Crippen MR) is 69.1 cm³/mol. The van der Waals surface area contributed by atoms with Crippen LogP contribution in [-0.4, -0.2) is 31.6 Å². The molecule has 1 amide bonds. The Bertz CT molecular complexity index is 615. The molecule has 0 saturated carbocycles. The first-order valence-corrected chi connectivity index (χ1v) is 7.47. The molecule has 0 radical (unpaired) electrons. The van der Waals surface area contributed by atoms with Gasteiger partial charge < -0.3 is 0 Å². The van der Waals surface area contributed by atoms with Gasteiger partial charge in [-0.25, -0.2) is 4.98 Å². The summed E-state index contributed by atoms with van der Waals surface area (Å²) in [6.07, 6.45) is 1.69. The molecule has 1 aliphatic heterocycles. The normalized spacial score (nSPS) is 20.1. The van der Waals surface area contributed by atoms with E-state index in [1.54, 1.807) is 6.20 Å². The molecule has 1 aliphatic rings. The first-order valence-electron chi connectivity index (χ1n) is 5.92. The minimum atomic E-state index is -4.55. The Morgan fingerprint density at radius 2 is 2.16 bits per heavy atom. The Kier molecular flexibility index (Phi) is 3.58. The van der Waals surface area contributed by atoms with Crippen molar-refractivity contribution in [3.8, 4) is 0 Å². The van der Waals surface area contributed by atoms with Crippen molar-refractivity contribution < 1.29 is 17.1 Å². The summed E-state index contributed by atoms with van der Waals surface area (Å²) in [6, 6.07) is 1.90. The summed E-state index contributed by atoms with van der Waals surface area (Å²) >= 11 is 0. The zero-order chi connectivity index (χ0) is 14.2. The molecule has 1 saturated heterocycles. The molecule has 1 fully saturated rings. The van der Waals surface area contributed by atoms with Crippen LogP contribution in [0.4, 0.5) is 9.70 Å². The summed E-state index contributed by atoms with van der Waals surface area (Å²) in [5.41, 5.74) is 1.83. The molecular weight excluding hydrogens is 271 g/mol. The number of amides is 1. The van der Waals surface area contributed by atoms with Crippen molar-refractivity contribution in [3.05, 3.63) is 23.4 Å². The lowest BCUT2D eigenvalue weighted by atomic mass is 10.1. The van der Waals surface area contributed by atoms with Crippen molar-refractivity contribution in [3.63, 3.8) is 0 Å². The predicted octanol–water partition coefficient (Wildman–Crippen LogP) is 1.35. The van der Waals surface area contributed by atoms with Crippen molar-refractivity contribution in [2.24, 2.45) is 5.92 Å². The Morgan fingerprint density at radius 3 is 2.74 bits per heavy atom. The van der Waals surface area contributed by atoms with Crippen LogP contribution in [0.1, 0.15) is 17.5 Å². The molecule has 2 heterocycles. The number of nitrogens with zero attached hydrogens (tertiary/aromatic N) is 2. The highest BCUT2D eigenvalue weighted by Crippen LogP contribution is 2.27. The van der Waals surface area contributed by atoms with E-state index < -0.39 is 21.9 Å². The highest BCUT2D eigenvalue weighted by molar-refractivity contribution is 7.86. The molecule has 0 spiro atoms. The SMILES string of the molecule is Cc1cnc(N2CC(CS(=O)(=O)F)CC2=O)c(C)c1. The maximum Gasteiger partial charge on any atom is 0.302 e. The summed E-state index contributed by atoms with van der Waals surface area (Å²) < 4.78 is 33.9. The van der Waals surface area contributed by atoms with E-state index in [0.717, 1.165) is 11.1 Å². The smallest absolute Gasteiger partial charge is 0.296 e. The number of anilines is 1. The van der Waals surface area contributed by atoms with Gasteiger partial charge in [-0.3, -0.25) is 9.69 Å². The van der Waals surface area contributed by atoms with Gasteiger partial charge in [-0.1, -0.05) is 6.07 Å². The van der Waals surface area contributed by atoms with Crippen molar-refractivity contribution in [2.75, 3.05) is 17.2 Å². The van der Waals surface area contributed by atoms with Crippen LogP contribution in [0.5, 0.6) is 0 Å². The average Bonchev–Trinajstić information content (AvgIpc) is 2.56. The van der Waals surface area contributed by atoms with E-state index in [9.17, 15) is 17.1 Å². The summed E-state index contributed by atoms with van der Waals surface area (Å²) in [5.74, 6) is -0.812. The molecule has 0 aliphatic carbocycles. The minimum Gasteiger partial charge on any atom is -0.296 e. The maximum atomic E-state index is 12.7. The van der Waals surface area contributed by atoms with Gasteiger partial charge in [0.05, 0.1) is 5.75 Å². The van der Waals surface area contributed by atoms with Crippen molar-refractivity contribution >= 4 is 21.9 Å². The van der Waals surface area contributed by atoms with E-state index in [0.29, 0.717) is 5.82 Å². The quantitative estimate of drug-likeness (QED) is 0.787. The molecule has 1 atom stereocenters. The van der Waals surface area contributed by atoms with Gasteiger partial charge in [0, 0.05) is 25.1 Å². The Labute approximate surface area is 111 Å². The third kappa shape index (κ3) is 3.28. The fraction of sp³-hybridized carbons (Fsp3) is 0.500. The maximum absolute atomic E-state index is 12.7. The molecule has 0 aromatic carbocycles. The number of aryl methyl sites for hydroxylation is 2. The van der Waals surface area contributed by atoms with Crippen LogP contribution in [-0.2, 0) is 15.0 Å². The largest absolute Gasteiger partial charge is 0.302 e. The minimum absolute atomic E-state index is 0.0398. The van der Waals surface area contributed by atoms with E-state index in [2.05, 4.69) is 4.98 Å². The van der Waals surface area contributed by atoms with Gasteiger partial charge in [0.1, 0.15) is 5.82 Å². The lowest BCUT2D eigenvalue weighted by molar-refractivity contribution is -0.117. The number of aromatic nitrogens is 1. The number of hydrogen-bond acceptors (Lipinski definition) is 4. The number of hydrogen-bond donors (Lipinski definition) is 0. The Balaban J connectivity index is 2.20. The molecule has 1 aromatic heterocycles. The summed E-state index contributed by atoms with van der Waals surface area (Å²) in [5, 5.41) is 0. The molecule has 1 aromatic rings. The number of carbonyl (C=O) groups excluding carboxylic acids is 1. The van der Waals surface area contributed by atoms with Crippen molar-refractivity contribution in [2.45, 2.75) is 20.3 Å². The van der Waals surface area contributed by atoms with E-state index >= 15 is 0 Å². The number of rotatable bonds is 3. The molecule has 1 unspecified atom stereocenters. The lowest BCUT2D eigenvalue weighted by Crippen LogP contribution is -2.27. The Hall–Kier alpha value is -1.50. The van der Waals surface area contributed by atoms with Gasteiger partial charge in [-0.15, -0.1) is 3.89 Å². The van der Waals surface area contributed by atoms with Gasteiger partial charge in [-0.2, -0.15) is 8.42 Å². The molecule has 0 bridgehead atoms. The van der Waals surface area contributed by atoms with E-state index in [1.807, 2.05) is 19.9 Å². The van der Waals surface area contributed by atoms with Gasteiger partial charge in [0.25, 0.3) is 0 Å². The van der Waals surface area contributed by atoms with Gasteiger partial charge >= 0.3 is 10.2 Å². The lowest BCUT2D eigenvalue weighted by Gasteiger charge is -2.17. The molecular formula is C12H15FN2O3S. The number of carbonyl (C=O) groups is 1. The molecule has 0 N–H and O–H groups in total. The summed E-state index contributed by atoms with van der Waals surface area (Å²) in [4.78, 5) is 17.5. The fourth-order valence-corrected chi connectivity index (χ4v) is 3.16. The summed E-state index contributed by atoms with van der Waals surface area (Å²) in [6.45, 7) is 3.93. The number of halogens is 1. The molecule has 19 heavy (non-hydrogen) atoms. The van der Waals surface area contributed by atoms with Crippen LogP contribution in [0, 0.1) is 19.8 Å². The monoisotopic (exact) mass is 286 g/mol. The van der Waals surface area contributed by atoms with Crippen LogP contribution < -0.4 is 4.90 Å². The first-order chi connectivity index (χ1) is 8.76. The van der Waals surface area contributed by atoms with Gasteiger partial charge in [0.2, 0.25) is 5.91 Å². The van der Waals surface area contributed by atoms with Crippen LogP contribution in [0.25, 0.3) is 0 Å². The number of pyridine rings is 1. The average molecular weight is 286 g/mol. The second kappa shape index (κ2) is 4.88. The zero-order valence-electron chi connectivity index (χ0n) is 10.8. The van der Waals surface area contributed by atoms with Crippen LogP contribution >= 0.6 is 0 Å². The van der Waals surface area contributed by atoms with E-state index in [1.165, 1.54) is 4.90 Å². The van der Waals surface area contributed by atoms with Crippen molar-refractivity contribution in [1.29, 1.82) is 0 Å². The highest BCUT2D eigenvalue weighted by Gasteiger charge is 2.34. The second-order valence-electron chi connectivity index (χ2n) is 4.93. The van der Waals surface area contributed by atoms with E-state index in [4.69, 9.17) is 0 Å². The first kappa shape index (κ1) is 13.9. The molecule has 5 nitrogen and oxygen atoms in total. The zero-order valence-corrected chi connectivity index (χ0v) is 11.6. The molecule has 2 rings (SSSR count). The topological polar surface area (TPSA) is 67.3 Å². The third-order valence-corrected chi connectivity index (χ3v) is 3.95. The molecule has 104 valence electrons. The van der Waals surface area contributed by atoms with E-state index in [-0.39, 0.29) is 18.9 Å². The summed E-state index contributed by atoms with van der Waals surface area (Å²) in [7, 11) is -4.55. The standard InChI is InChI=1S/C12H15FN2O3S/c1-8-3-9(2)12(14-5-8)15-6-10(4-11(15)16)7-19(13,17)18/h3,5,10H,4,6-7H2,1-2H3. The Morgan fingerprint density at radius 1 is 1.47 bits per heavy atom. The van der Waals surface area contributed by atoms with Crippen LogP contribution in [0.15, 0.2) is 12.3 Å². The highest BCUT2D eigenvalue weighted by atomic mass is 32.3. The van der Waals surface area contributed by atoms with Gasteiger partial charge in [0.15, 0.2) is 0 Å². The van der Waals surface area contributed by atoms with Crippen molar-refractivity contribution in [1.82, 2.24) is 4.98 Å². The third-order valence-electron chi connectivity index (χ3n) is 3.08. The fourth-order valence-electron chi connectivity index (χ4n) is 2.37. The van der Waals surface area contributed by atoms with Crippen LogP contribution in [0.3, 0.4) is 0 Å².